The number of rotatable bonds is 9. The lowest BCUT2D eigenvalue weighted by Gasteiger charge is -2.53. The average Bonchev–Trinajstić information content (AvgIpc) is 3.35. The molecule has 40 heavy (non-hydrogen) atoms. The van der Waals surface area contributed by atoms with Crippen LogP contribution in [-0.2, 0) is 15.6 Å². The first kappa shape index (κ1) is 29.8. The summed E-state index contributed by atoms with van der Waals surface area (Å²) in [5.41, 5.74) is -2.62. The van der Waals surface area contributed by atoms with Gasteiger partial charge in [0.1, 0.15) is 30.2 Å². The number of aromatic hydroxyl groups is 1. The van der Waals surface area contributed by atoms with E-state index in [1.165, 1.54) is 16.9 Å². The van der Waals surface area contributed by atoms with Gasteiger partial charge in [-0.25, -0.2) is 8.78 Å². The van der Waals surface area contributed by atoms with Crippen molar-refractivity contribution in [1.82, 2.24) is 14.9 Å². The first-order chi connectivity index (χ1) is 18.9. The van der Waals surface area contributed by atoms with E-state index >= 15 is 0 Å². The maximum Gasteiger partial charge on any atom is 0.278 e. The van der Waals surface area contributed by atoms with Gasteiger partial charge in [-0.3, -0.25) is 24.1 Å². The van der Waals surface area contributed by atoms with E-state index in [0.29, 0.717) is 45.1 Å². The SMILES string of the molecule is C=P(OCC)(OCC)C1CCC2(C1)N(CC)C(=O)c1c(O)c(=O)c(C(=O)NCc3ccc(F)cc3F)cn1N2C. The number of pyridine rings is 1. The summed E-state index contributed by atoms with van der Waals surface area (Å²) in [4.78, 5) is 41.4. The molecule has 0 bridgehead atoms. The summed E-state index contributed by atoms with van der Waals surface area (Å²) >= 11 is 0. The van der Waals surface area contributed by atoms with Crippen LogP contribution in [0.1, 0.15) is 66.4 Å². The molecule has 1 saturated carbocycles. The van der Waals surface area contributed by atoms with Crippen LogP contribution in [0.15, 0.2) is 29.2 Å². The maximum atomic E-state index is 14.1. The van der Waals surface area contributed by atoms with Gasteiger partial charge >= 0.3 is 0 Å². The van der Waals surface area contributed by atoms with Crippen LogP contribution < -0.4 is 15.8 Å². The Labute approximate surface area is 231 Å². The number of nitrogens with one attached hydrogen (secondary N) is 1. The lowest BCUT2D eigenvalue weighted by molar-refractivity contribution is 0.0319. The summed E-state index contributed by atoms with van der Waals surface area (Å²) < 4.78 is 40.7. The molecule has 2 heterocycles. The number of fused-ring (bicyclic) bond motifs is 1. The van der Waals surface area contributed by atoms with Gasteiger partial charge in [0, 0.05) is 50.0 Å². The number of benzene rings is 1. The lowest BCUT2D eigenvalue weighted by Crippen LogP contribution is -2.68. The fourth-order valence-corrected chi connectivity index (χ4v) is 8.26. The van der Waals surface area contributed by atoms with E-state index in [1.54, 1.807) is 17.0 Å². The minimum Gasteiger partial charge on any atom is -0.502 e. The molecule has 13 heteroatoms. The number of halogens is 2. The number of hydrogen-bond donors (Lipinski definition) is 2. The van der Waals surface area contributed by atoms with Crippen LogP contribution >= 0.6 is 7.34 Å². The molecule has 2 aliphatic rings. The highest BCUT2D eigenvalue weighted by molar-refractivity contribution is 7.65. The van der Waals surface area contributed by atoms with Gasteiger partial charge in [-0.05, 0) is 39.7 Å². The summed E-state index contributed by atoms with van der Waals surface area (Å²) in [6, 6.07) is 2.93. The predicted octanol–water partition coefficient (Wildman–Crippen LogP) is 3.41. The van der Waals surface area contributed by atoms with Gasteiger partial charge in [0.15, 0.2) is 11.4 Å². The second-order valence-electron chi connectivity index (χ2n) is 9.85. The molecule has 2 unspecified atom stereocenters. The zero-order chi connectivity index (χ0) is 29.4. The highest BCUT2D eigenvalue weighted by Crippen LogP contribution is 2.61. The van der Waals surface area contributed by atoms with Gasteiger partial charge in [0.05, 0.1) is 13.2 Å². The third-order valence-corrected chi connectivity index (χ3v) is 10.7. The van der Waals surface area contributed by atoms with Gasteiger partial charge in [0.2, 0.25) is 5.43 Å². The Morgan fingerprint density at radius 2 is 1.90 bits per heavy atom. The average molecular weight is 581 g/mol. The van der Waals surface area contributed by atoms with Crippen LogP contribution in [0.4, 0.5) is 8.78 Å². The van der Waals surface area contributed by atoms with E-state index < -0.39 is 53.2 Å². The fourth-order valence-electron chi connectivity index (χ4n) is 5.79. The molecule has 0 saturated heterocycles. The van der Waals surface area contributed by atoms with E-state index in [2.05, 4.69) is 11.6 Å². The molecule has 1 aromatic carbocycles. The molecule has 1 aliphatic heterocycles. The molecule has 4 rings (SSSR count). The monoisotopic (exact) mass is 580 g/mol. The van der Waals surface area contributed by atoms with Crippen LogP contribution in [0, 0.1) is 11.6 Å². The quantitative estimate of drug-likeness (QED) is 0.437. The Kier molecular flexibility index (Phi) is 8.44. The zero-order valence-corrected chi connectivity index (χ0v) is 24.0. The smallest absolute Gasteiger partial charge is 0.278 e. The Morgan fingerprint density at radius 3 is 2.50 bits per heavy atom. The summed E-state index contributed by atoms with van der Waals surface area (Å²) in [6.45, 7) is 6.44. The molecule has 2 N–H and O–H groups in total. The number of aromatic nitrogens is 1. The zero-order valence-electron chi connectivity index (χ0n) is 23.1. The predicted molar refractivity (Wildman–Crippen MR) is 148 cm³/mol. The van der Waals surface area contributed by atoms with Crippen molar-refractivity contribution in [3.63, 3.8) is 0 Å². The summed E-state index contributed by atoms with van der Waals surface area (Å²) in [7, 11) is -0.780. The minimum absolute atomic E-state index is 0.0162. The van der Waals surface area contributed by atoms with Crippen molar-refractivity contribution in [2.75, 3.05) is 31.8 Å². The number of nitrogens with zero attached hydrogens (tertiary/aromatic N) is 3. The van der Waals surface area contributed by atoms with E-state index in [4.69, 9.17) is 9.05 Å². The number of carbonyl (C=O) groups excluding carboxylic acids is 2. The van der Waals surface area contributed by atoms with E-state index in [1.807, 2.05) is 20.8 Å². The van der Waals surface area contributed by atoms with Crippen LogP contribution in [0.3, 0.4) is 0 Å². The van der Waals surface area contributed by atoms with Crippen LogP contribution in [0.5, 0.6) is 5.75 Å². The van der Waals surface area contributed by atoms with Crippen molar-refractivity contribution in [3.05, 3.63) is 63.1 Å². The van der Waals surface area contributed by atoms with Gasteiger partial charge in [-0.1, -0.05) is 12.4 Å². The molecule has 2 atom stereocenters. The maximum absolute atomic E-state index is 14.1. The normalized spacial score (nSPS) is 20.8. The Balaban J connectivity index is 1.71. The summed E-state index contributed by atoms with van der Waals surface area (Å²) in [5, 5.41) is 15.0. The van der Waals surface area contributed by atoms with Crippen LogP contribution in [-0.4, -0.2) is 70.9 Å². The summed E-state index contributed by atoms with van der Waals surface area (Å²) in [5.74, 6) is -3.90. The standard InChI is InChI=1S/C27H35F2N4O6P/c1-6-32-26(37)22-24(35)23(34)20(25(36)30-15-17-9-10-18(28)13-21(17)29)16-33(22)31(4)27(32)12-11-19(14-27)40(5,38-7-2)39-8-3/h9-10,13,16,19,35H,5-8,11-12,14-15H2,1-4H3,(H,30,36). The number of carbonyl (C=O) groups is 2. The summed E-state index contributed by atoms with van der Waals surface area (Å²) in [6.07, 6.45) is 7.22. The topological polar surface area (TPSA) is 113 Å². The highest BCUT2D eigenvalue weighted by Gasteiger charge is 2.55. The molecular formula is C27H35F2N4O6P. The second-order valence-corrected chi connectivity index (χ2v) is 12.5. The van der Waals surface area contributed by atoms with Crippen molar-refractivity contribution in [2.24, 2.45) is 0 Å². The number of amides is 2. The van der Waals surface area contributed by atoms with Gasteiger partial charge in [-0.2, -0.15) is 0 Å². The molecule has 1 aromatic heterocycles. The molecule has 1 fully saturated rings. The molecule has 2 amide bonds. The van der Waals surface area contributed by atoms with Crippen molar-refractivity contribution in [2.45, 2.75) is 57.9 Å². The Bertz CT molecular complexity index is 1420. The molecule has 2 aromatic rings. The van der Waals surface area contributed by atoms with Crippen molar-refractivity contribution >= 4 is 25.5 Å². The number of hydrogen-bond acceptors (Lipinski definition) is 7. The van der Waals surface area contributed by atoms with E-state index in [9.17, 15) is 28.3 Å². The van der Waals surface area contributed by atoms with Gasteiger partial charge in [0.25, 0.3) is 11.8 Å². The Morgan fingerprint density at radius 1 is 1.23 bits per heavy atom. The van der Waals surface area contributed by atoms with Crippen LogP contribution in [0.25, 0.3) is 0 Å². The van der Waals surface area contributed by atoms with Gasteiger partial charge in [-0.15, -0.1) is 0 Å². The molecule has 10 nitrogen and oxygen atoms in total. The molecule has 218 valence electrons. The first-order valence-corrected chi connectivity index (χ1v) is 15.1. The molecular weight excluding hydrogens is 545 g/mol. The van der Waals surface area contributed by atoms with Crippen molar-refractivity contribution < 1.29 is 32.5 Å². The first-order valence-electron chi connectivity index (χ1n) is 13.2. The molecule has 0 radical (unpaired) electrons. The van der Waals surface area contributed by atoms with Crippen molar-refractivity contribution in [1.29, 1.82) is 0 Å². The highest BCUT2D eigenvalue weighted by atomic mass is 31.2. The van der Waals surface area contributed by atoms with E-state index in [0.717, 1.165) is 6.07 Å². The minimum atomic E-state index is -2.51. The third kappa shape index (κ3) is 4.93. The molecule has 1 aliphatic carbocycles. The largest absolute Gasteiger partial charge is 0.502 e. The van der Waals surface area contributed by atoms with Gasteiger partial charge < -0.3 is 24.4 Å². The fraction of sp³-hybridized carbons (Fsp3) is 0.481. The van der Waals surface area contributed by atoms with Crippen molar-refractivity contribution in [3.8, 4) is 5.75 Å². The third-order valence-electron chi connectivity index (χ3n) is 7.75. The molecule has 1 spiro atoms. The lowest BCUT2D eigenvalue weighted by atomic mass is 10.0. The second kappa shape index (κ2) is 11.3. The van der Waals surface area contributed by atoms with Crippen LogP contribution in [0.2, 0.25) is 0 Å². The van der Waals surface area contributed by atoms with E-state index in [-0.39, 0.29) is 23.5 Å². The Hall–Kier alpha value is -3.21.